The van der Waals surface area contributed by atoms with Crippen molar-refractivity contribution < 1.29 is 5.11 Å². The number of aryl methyl sites for hydroxylation is 1. The zero-order chi connectivity index (χ0) is 13.1. The number of benzene rings is 1. The van der Waals surface area contributed by atoms with Crippen LogP contribution in [0.2, 0.25) is 10.0 Å². The van der Waals surface area contributed by atoms with Crippen molar-refractivity contribution in [1.82, 2.24) is 9.97 Å². The molecular formula is C13H12Cl2N2O. The quantitative estimate of drug-likeness (QED) is 0.941. The Kier molecular flexibility index (Phi) is 4.17. The van der Waals surface area contributed by atoms with Gasteiger partial charge in [0.2, 0.25) is 0 Å². The Balaban J connectivity index is 2.25. The lowest BCUT2D eigenvalue weighted by Crippen LogP contribution is -2.02. The molecule has 0 radical (unpaired) electrons. The summed E-state index contributed by atoms with van der Waals surface area (Å²) in [5.41, 5.74) is 2.52. The molecule has 1 aromatic carbocycles. The molecule has 0 aliphatic rings. The predicted octanol–water partition coefficient (Wildman–Crippen LogP) is 3.17. The van der Waals surface area contributed by atoms with Crippen molar-refractivity contribution in [2.24, 2.45) is 0 Å². The summed E-state index contributed by atoms with van der Waals surface area (Å²) < 4.78 is 0. The summed E-state index contributed by atoms with van der Waals surface area (Å²) in [5.74, 6) is 0.656. The molecule has 2 rings (SSSR count). The Bertz CT molecular complexity index is 573. The van der Waals surface area contributed by atoms with Crippen molar-refractivity contribution in [1.29, 1.82) is 0 Å². The van der Waals surface area contributed by atoms with E-state index in [2.05, 4.69) is 9.97 Å². The van der Waals surface area contributed by atoms with Gasteiger partial charge in [-0.1, -0.05) is 29.3 Å². The first-order chi connectivity index (χ1) is 8.60. The first-order valence-corrected chi connectivity index (χ1v) is 6.22. The Hall–Kier alpha value is -1.16. The van der Waals surface area contributed by atoms with Crippen molar-refractivity contribution in [2.75, 3.05) is 0 Å². The normalized spacial score (nSPS) is 10.7. The van der Waals surface area contributed by atoms with E-state index >= 15 is 0 Å². The second-order valence-corrected chi connectivity index (χ2v) is 4.81. The highest BCUT2D eigenvalue weighted by atomic mass is 35.5. The van der Waals surface area contributed by atoms with E-state index in [0.717, 1.165) is 11.1 Å². The number of aliphatic hydroxyl groups excluding tert-OH is 1. The zero-order valence-electron chi connectivity index (χ0n) is 9.82. The van der Waals surface area contributed by atoms with E-state index < -0.39 is 0 Å². The average Bonchev–Trinajstić information content (AvgIpc) is 2.36. The molecule has 1 heterocycles. The number of aromatic nitrogens is 2. The van der Waals surface area contributed by atoms with Crippen molar-refractivity contribution >= 4 is 23.2 Å². The third-order valence-electron chi connectivity index (χ3n) is 2.62. The van der Waals surface area contributed by atoms with Gasteiger partial charge in [-0.25, -0.2) is 9.97 Å². The summed E-state index contributed by atoms with van der Waals surface area (Å²) in [6, 6.07) is 5.43. The molecule has 18 heavy (non-hydrogen) atoms. The van der Waals surface area contributed by atoms with E-state index in [1.165, 1.54) is 0 Å². The van der Waals surface area contributed by atoms with Gasteiger partial charge in [-0.05, 0) is 30.2 Å². The summed E-state index contributed by atoms with van der Waals surface area (Å²) >= 11 is 11.8. The first-order valence-electron chi connectivity index (χ1n) is 5.46. The van der Waals surface area contributed by atoms with Crippen molar-refractivity contribution in [3.05, 3.63) is 57.1 Å². The van der Waals surface area contributed by atoms with Crippen LogP contribution in [0.4, 0.5) is 0 Å². The summed E-state index contributed by atoms with van der Waals surface area (Å²) in [4.78, 5) is 8.54. The van der Waals surface area contributed by atoms with E-state index in [1.54, 1.807) is 18.3 Å². The van der Waals surface area contributed by atoms with E-state index in [4.69, 9.17) is 28.3 Å². The van der Waals surface area contributed by atoms with Gasteiger partial charge in [0.05, 0.1) is 22.3 Å². The average molecular weight is 283 g/mol. The van der Waals surface area contributed by atoms with Gasteiger partial charge in [0.15, 0.2) is 0 Å². The lowest BCUT2D eigenvalue weighted by atomic mass is 10.1. The summed E-state index contributed by atoms with van der Waals surface area (Å²) in [6.45, 7) is 1.79. The van der Waals surface area contributed by atoms with E-state index in [-0.39, 0.29) is 6.61 Å². The molecule has 3 nitrogen and oxygen atoms in total. The van der Waals surface area contributed by atoms with Gasteiger partial charge in [0.1, 0.15) is 5.82 Å². The van der Waals surface area contributed by atoms with Gasteiger partial charge in [0, 0.05) is 12.6 Å². The molecule has 5 heteroatoms. The molecule has 0 unspecified atom stereocenters. The minimum Gasteiger partial charge on any atom is -0.390 e. The van der Waals surface area contributed by atoms with Crippen LogP contribution in [0.1, 0.15) is 22.6 Å². The highest BCUT2D eigenvalue weighted by Crippen LogP contribution is 2.23. The van der Waals surface area contributed by atoms with Gasteiger partial charge >= 0.3 is 0 Å². The van der Waals surface area contributed by atoms with Crippen LogP contribution < -0.4 is 0 Å². The molecule has 0 amide bonds. The molecule has 94 valence electrons. The van der Waals surface area contributed by atoms with Gasteiger partial charge in [-0.15, -0.1) is 0 Å². The molecule has 0 fully saturated rings. The smallest absolute Gasteiger partial charge is 0.133 e. The maximum absolute atomic E-state index is 9.16. The highest BCUT2D eigenvalue weighted by Gasteiger charge is 2.05. The molecule has 0 atom stereocenters. The maximum atomic E-state index is 9.16. The topological polar surface area (TPSA) is 46.0 Å². The molecule has 1 aromatic heterocycles. The van der Waals surface area contributed by atoms with Crippen LogP contribution in [-0.4, -0.2) is 15.1 Å². The third kappa shape index (κ3) is 2.99. The van der Waals surface area contributed by atoms with Crippen LogP contribution in [0.5, 0.6) is 0 Å². The van der Waals surface area contributed by atoms with E-state index in [0.29, 0.717) is 28.0 Å². The van der Waals surface area contributed by atoms with Crippen LogP contribution in [0.3, 0.4) is 0 Å². The molecule has 0 aliphatic heterocycles. The van der Waals surface area contributed by atoms with E-state index in [9.17, 15) is 0 Å². The van der Waals surface area contributed by atoms with Gasteiger partial charge in [0.25, 0.3) is 0 Å². The largest absolute Gasteiger partial charge is 0.390 e. The highest BCUT2D eigenvalue weighted by molar-refractivity contribution is 6.42. The summed E-state index contributed by atoms with van der Waals surface area (Å²) in [5, 5.41) is 10.2. The number of nitrogens with zero attached hydrogens (tertiary/aromatic N) is 2. The summed E-state index contributed by atoms with van der Waals surface area (Å²) in [7, 11) is 0. The number of hydrogen-bond acceptors (Lipinski definition) is 3. The van der Waals surface area contributed by atoms with Crippen molar-refractivity contribution in [3.63, 3.8) is 0 Å². The van der Waals surface area contributed by atoms with Crippen molar-refractivity contribution in [3.8, 4) is 0 Å². The van der Waals surface area contributed by atoms with Crippen LogP contribution in [0.15, 0.2) is 24.4 Å². The second-order valence-electron chi connectivity index (χ2n) is 4.00. The Morgan fingerprint density at radius 1 is 1.22 bits per heavy atom. The third-order valence-corrected chi connectivity index (χ3v) is 3.36. The SMILES string of the molecule is Cc1cnc(Cc2ccc(Cl)c(Cl)c2)nc1CO. The molecule has 0 spiro atoms. The number of halogens is 2. The van der Waals surface area contributed by atoms with Gasteiger partial charge in [-0.2, -0.15) is 0 Å². The monoisotopic (exact) mass is 282 g/mol. The fraction of sp³-hybridized carbons (Fsp3) is 0.231. The number of aliphatic hydroxyl groups is 1. The number of rotatable bonds is 3. The molecule has 1 N–H and O–H groups in total. The fourth-order valence-corrected chi connectivity index (χ4v) is 1.92. The second kappa shape index (κ2) is 5.65. The van der Waals surface area contributed by atoms with Crippen LogP contribution in [0, 0.1) is 6.92 Å². The number of hydrogen-bond donors (Lipinski definition) is 1. The molecular weight excluding hydrogens is 271 g/mol. The van der Waals surface area contributed by atoms with Gasteiger partial charge < -0.3 is 5.11 Å². The molecule has 0 saturated carbocycles. The minimum atomic E-state index is -0.0806. The van der Waals surface area contributed by atoms with Crippen LogP contribution >= 0.6 is 23.2 Å². The van der Waals surface area contributed by atoms with Crippen molar-refractivity contribution in [2.45, 2.75) is 20.0 Å². The first kappa shape index (κ1) is 13.3. The summed E-state index contributed by atoms with van der Waals surface area (Å²) in [6.07, 6.45) is 2.27. The lowest BCUT2D eigenvalue weighted by Gasteiger charge is -2.06. The predicted molar refractivity (Wildman–Crippen MR) is 72.0 cm³/mol. The lowest BCUT2D eigenvalue weighted by molar-refractivity contribution is 0.275. The van der Waals surface area contributed by atoms with Crippen LogP contribution in [-0.2, 0) is 13.0 Å². The minimum absolute atomic E-state index is 0.0806. The Morgan fingerprint density at radius 3 is 2.67 bits per heavy atom. The van der Waals surface area contributed by atoms with Crippen LogP contribution in [0.25, 0.3) is 0 Å². The zero-order valence-corrected chi connectivity index (χ0v) is 11.3. The Morgan fingerprint density at radius 2 is 2.00 bits per heavy atom. The Labute approximate surface area is 115 Å². The molecule has 2 aromatic rings. The maximum Gasteiger partial charge on any atom is 0.133 e. The molecule has 0 saturated heterocycles. The molecule has 0 aliphatic carbocycles. The fourth-order valence-electron chi connectivity index (χ4n) is 1.60. The van der Waals surface area contributed by atoms with E-state index in [1.807, 2.05) is 13.0 Å². The molecule has 0 bridgehead atoms. The van der Waals surface area contributed by atoms with Gasteiger partial charge in [-0.3, -0.25) is 0 Å². The standard InChI is InChI=1S/C13H12Cl2N2O/c1-8-6-16-13(17-12(8)7-18)5-9-2-3-10(14)11(15)4-9/h2-4,6,18H,5,7H2,1H3.